The summed E-state index contributed by atoms with van der Waals surface area (Å²) in [6.07, 6.45) is 1.55. The van der Waals surface area contributed by atoms with Crippen molar-refractivity contribution in [3.63, 3.8) is 0 Å². The molecule has 2 bridgehead atoms. The van der Waals surface area contributed by atoms with Crippen molar-refractivity contribution < 1.29 is 13.6 Å². The van der Waals surface area contributed by atoms with Gasteiger partial charge in [-0.15, -0.1) is 0 Å². The molecule has 0 N–H and O–H groups in total. The largest absolute Gasteiger partial charge is 0.460 e. The summed E-state index contributed by atoms with van der Waals surface area (Å²) in [5.41, 5.74) is 6.18. The fourth-order valence-electron chi connectivity index (χ4n) is 7.12. The highest BCUT2D eigenvalue weighted by Gasteiger charge is 2.36. The van der Waals surface area contributed by atoms with Gasteiger partial charge >= 0.3 is 5.63 Å². The monoisotopic (exact) mass is 548 g/mol. The van der Waals surface area contributed by atoms with E-state index in [9.17, 15) is 14.4 Å². The number of carbonyl (C=O) groups is 1. The van der Waals surface area contributed by atoms with Gasteiger partial charge in [-0.05, 0) is 62.8 Å². The van der Waals surface area contributed by atoms with Gasteiger partial charge in [0.05, 0.1) is 0 Å². The van der Waals surface area contributed by atoms with E-state index in [1.165, 1.54) is 0 Å². The summed E-state index contributed by atoms with van der Waals surface area (Å²) in [6, 6.07) is 17.6. The van der Waals surface area contributed by atoms with Gasteiger partial charge in [-0.1, -0.05) is 36.4 Å². The van der Waals surface area contributed by atoms with Gasteiger partial charge in [0, 0.05) is 71.2 Å². The van der Waals surface area contributed by atoms with E-state index in [1.807, 2.05) is 54.5 Å². The van der Waals surface area contributed by atoms with E-state index in [4.69, 9.17) is 8.83 Å². The van der Waals surface area contributed by atoms with Crippen LogP contribution in [-0.2, 0) is 17.8 Å². The number of hydrogen-bond acceptors (Lipinski definition) is 5. The Morgan fingerprint density at radius 1 is 0.878 bits per heavy atom. The minimum atomic E-state index is -0.402. The molecule has 3 aromatic heterocycles. The van der Waals surface area contributed by atoms with Crippen LogP contribution in [-0.4, -0.2) is 28.5 Å². The molecular weight excluding hydrogens is 516 g/mol. The molecule has 5 aromatic rings. The second kappa shape index (κ2) is 9.61. The first-order valence-corrected chi connectivity index (χ1v) is 14.3. The van der Waals surface area contributed by atoms with Gasteiger partial charge in [0.2, 0.25) is 5.91 Å². The molecule has 2 atom stereocenters. The summed E-state index contributed by atoms with van der Waals surface area (Å²) in [7, 11) is 0. The molecule has 2 aromatic carbocycles. The second-order valence-electron chi connectivity index (χ2n) is 11.6. The Balaban J connectivity index is 1.19. The molecule has 0 spiro atoms. The van der Waals surface area contributed by atoms with Crippen molar-refractivity contribution in [2.75, 3.05) is 13.1 Å². The van der Waals surface area contributed by atoms with Gasteiger partial charge in [-0.25, -0.2) is 4.79 Å². The Morgan fingerprint density at radius 3 is 2.46 bits per heavy atom. The van der Waals surface area contributed by atoms with Gasteiger partial charge in [0.15, 0.2) is 0 Å². The molecular formula is C34H32N2O5. The van der Waals surface area contributed by atoms with Crippen molar-refractivity contribution in [1.29, 1.82) is 0 Å². The van der Waals surface area contributed by atoms with E-state index in [2.05, 4.69) is 18.2 Å². The number of likely N-dealkylation sites (tertiary alicyclic amines) is 1. The van der Waals surface area contributed by atoms with E-state index >= 15 is 0 Å². The topological polar surface area (TPSA) is 85.7 Å². The van der Waals surface area contributed by atoms with Crippen LogP contribution in [0.25, 0.3) is 33.1 Å². The Bertz CT molecular complexity index is 1960. The zero-order chi connectivity index (χ0) is 28.4. The highest BCUT2D eigenvalue weighted by Crippen LogP contribution is 2.40. The highest BCUT2D eigenvalue weighted by atomic mass is 16.4. The smallest absolute Gasteiger partial charge is 0.339 e. The number of carbonyl (C=O) groups excluding carboxylic acids is 1. The molecule has 2 aliphatic heterocycles. The number of furan rings is 1. The zero-order valence-electron chi connectivity index (χ0n) is 23.5. The van der Waals surface area contributed by atoms with Gasteiger partial charge < -0.3 is 18.3 Å². The van der Waals surface area contributed by atoms with E-state index in [0.29, 0.717) is 37.2 Å². The summed E-state index contributed by atoms with van der Waals surface area (Å²) in [5.74, 6) is 1.28. The van der Waals surface area contributed by atoms with Crippen LogP contribution < -0.4 is 11.2 Å². The van der Waals surface area contributed by atoms with Crippen LogP contribution >= 0.6 is 0 Å². The molecule has 41 heavy (non-hydrogen) atoms. The normalized spacial score (nSPS) is 18.2. The third-order valence-electron chi connectivity index (χ3n) is 9.12. The van der Waals surface area contributed by atoms with Gasteiger partial charge in [0.1, 0.15) is 16.9 Å². The van der Waals surface area contributed by atoms with Crippen molar-refractivity contribution in [3.8, 4) is 11.1 Å². The number of rotatable bonds is 4. The maximum atomic E-state index is 13.4. The highest BCUT2D eigenvalue weighted by molar-refractivity contribution is 6.05. The lowest BCUT2D eigenvalue weighted by Crippen LogP contribution is -2.49. The zero-order valence-corrected chi connectivity index (χ0v) is 23.5. The van der Waals surface area contributed by atoms with Gasteiger partial charge in [-0.3, -0.25) is 9.59 Å². The summed E-state index contributed by atoms with van der Waals surface area (Å²) in [4.78, 5) is 40.9. The Hall–Kier alpha value is -4.39. The standard InChI is InChI=1S/C34H32N2O5/c1-19-25(12-13-29(37)35-16-22-14-24(18-35)28-10-7-11-30(38)36(28)17-22)34(39)41-32-20(2)33-27(15-26(19)32)31(21(3)40-33)23-8-5-4-6-9-23/h4-11,15,22,24H,12-14,16-18H2,1-3H3/t22-,24+/m1/s1. The lowest BCUT2D eigenvalue weighted by Gasteiger charge is -2.42. The van der Waals surface area contributed by atoms with Crippen LogP contribution in [0.3, 0.4) is 0 Å². The molecule has 0 aliphatic carbocycles. The molecule has 7 rings (SSSR count). The molecule has 5 heterocycles. The van der Waals surface area contributed by atoms with Crippen molar-refractivity contribution in [3.05, 3.63) is 104 Å². The first-order valence-electron chi connectivity index (χ1n) is 14.3. The Kier molecular flexibility index (Phi) is 6.00. The number of aromatic nitrogens is 1. The Labute approximate surface area is 237 Å². The van der Waals surface area contributed by atoms with Crippen LogP contribution in [0, 0.1) is 26.7 Å². The second-order valence-corrected chi connectivity index (χ2v) is 11.6. The summed E-state index contributed by atoms with van der Waals surface area (Å²) >= 11 is 0. The van der Waals surface area contributed by atoms with Crippen molar-refractivity contribution in [2.24, 2.45) is 5.92 Å². The van der Waals surface area contributed by atoms with Gasteiger partial charge in [0.25, 0.3) is 5.56 Å². The molecule has 2 aliphatic rings. The number of hydrogen-bond donors (Lipinski definition) is 0. The van der Waals surface area contributed by atoms with E-state index < -0.39 is 5.63 Å². The Morgan fingerprint density at radius 2 is 1.66 bits per heavy atom. The van der Waals surface area contributed by atoms with Crippen LogP contribution in [0.15, 0.2) is 73.0 Å². The molecule has 1 saturated heterocycles. The molecule has 0 saturated carbocycles. The maximum Gasteiger partial charge on any atom is 0.339 e. The predicted molar refractivity (Wildman–Crippen MR) is 158 cm³/mol. The summed E-state index contributed by atoms with van der Waals surface area (Å²) in [6.45, 7) is 7.71. The van der Waals surface area contributed by atoms with E-state index in [0.717, 1.165) is 56.5 Å². The minimum absolute atomic E-state index is 0.0319. The number of aryl methyl sites for hydroxylation is 3. The van der Waals surface area contributed by atoms with Crippen molar-refractivity contribution in [1.82, 2.24) is 9.47 Å². The molecule has 7 nitrogen and oxygen atoms in total. The van der Waals surface area contributed by atoms with Gasteiger partial charge in [-0.2, -0.15) is 0 Å². The van der Waals surface area contributed by atoms with Crippen LogP contribution in [0.4, 0.5) is 0 Å². The number of amides is 1. The number of piperidine rings is 1. The SMILES string of the molecule is Cc1oc2c(C)c3oc(=O)c(CCC(=O)N4C[C@H]5C[C@@H](C4)c4cccc(=O)n4C5)c(C)c3cc2c1-c1ccccc1. The number of fused-ring (bicyclic) bond motifs is 6. The third kappa shape index (κ3) is 4.14. The first kappa shape index (κ1) is 25.6. The predicted octanol–water partition coefficient (Wildman–Crippen LogP) is 5.87. The van der Waals surface area contributed by atoms with Crippen molar-refractivity contribution in [2.45, 2.75) is 52.5 Å². The fraction of sp³-hybridized carbons (Fsp3) is 0.324. The molecule has 1 fully saturated rings. The number of benzene rings is 2. The average Bonchev–Trinajstić information content (AvgIpc) is 3.30. The summed E-state index contributed by atoms with van der Waals surface area (Å²) in [5, 5.41) is 1.85. The molecule has 1 amide bonds. The van der Waals surface area contributed by atoms with Crippen LogP contribution in [0.5, 0.6) is 0 Å². The van der Waals surface area contributed by atoms with E-state index in [-0.39, 0.29) is 29.7 Å². The lowest BCUT2D eigenvalue weighted by molar-refractivity contribution is -0.133. The third-order valence-corrected chi connectivity index (χ3v) is 9.12. The molecule has 0 radical (unpaired) electrons. The van der Waals surface area contributed by atoms with Crippen molar-refractivity contribution >= 4 is 27.8 Å². The minimum Gasteiger partial charge on any atom is -0.460 e. The number of pyridine rings is 1. The van der Waals surface area contributed by atoms with Crippen LogP contribution in [0.2, 0.25) is 0 Å². The quantitative estimate of drug-likeness (QED) is 0.262. The van der Waals surface area contributed by atoms with Crippen LogP contribution in [0.1, 0.15) is 46.9 Å². The number of nitrogens with zero attached hydrogens (tertiary/aromatic N) is 2. The first-order chi connectivity index (χ1) is 19.8. The maximum absolute atomic E-state index is 13.4. The molecule has 208 valence electrons. The fourth-order valence-corrected chi connectivity index (χ4v) is 7.12. The average molecular weight is 549 g/mol. The molecule has 7 heteroatoms. The molecule has 0 unspecified atom stereocenters. The summed E-state index contributed by atoms with van der Waals surface area (Å²) < 4.78 is 13.9. The lowest BCUT2D eigenvalue weighted by atomic mass is 9.83. The van der Waals surface area contributed by atoms with E-state index in [1.54, 1.807) is 12.1 Å².